The smallest absolute Gasteiger partial charge is 0.410 e. The Bertz CT molecular complexity index is 574. The molecule has 1 aromatic heterocycles. The summed E-state index contributed by atoms with van der Waals surface area (Å²) in [5.41, 5.74) is 0.580. The van der Waals surface area contributed by atoms with Crippen molar-refractivity contribution in [2.75, 3.05) is 20.2 Å². The van der Waals surface area contributed by atoms with Crippen LogP contribution in [0.4, 0.5) is 4.79 Å². The number of hydrogen-bond donors (Lipinski definition) is 0. The Morgan fingerprint density at radius 2 is 2.05 bits per heavy atom. The van der Waals surface area contributed by atoms with Crippen molar-refractivity contribution in [3.63, 3.8) is 0 Å². The summed E-state index contributed by atoms with van der Waals surface area (Å²) in [6, 6.07) is 0.0459. The predicted octanol–water partition coefficient (Wildman–Crippen LogP) is 2.16. The van der Waals surface area contributed by atoms with Crippen molar-refractivity contribution in [1.82, 2.24) is 14.7 Å². The van der Waals surface area contributed by atoms with Crippen molar-refractivity contribution < 1.29 is 19.1 Å². The number of aryl methyl sites for hydroxylation is 1. The van der Waals surface area contributed by atoms with E-state index in [1.807, 2.05) is 20.8 Å². The predicted molar refractivity (Wildman–Crippen MR) is 79.8 cm³/mol. The zero-order valence-electron chi connectivity index (χ0n) is 13.8. The van der Waals surface area contributed by atoms with Gasteiger partial charge in [0.05, 0.1) is 18.8 Å². The van der Waals surface area contributed by atoms with Crippen LogP contribution in [0.1, 0.15) is 49.3 Å². The molecule has 0 unspecified atom stereocenters. The number of hydrogen-bond acceptors (Lipinski definition) is 5. The topological polar surface area (TPSA) is 73.7 Å². The summed E-state index contributed by atoms with van der Waals surface area (Å²) in [6.45, 7) is 8.44. The quantitative estimate of drug-likeness (QED) is 0.783. The molecule has 1 saturated heterocycles. The van der Waals surface area contributed by atoms with Gasteiger partial charge in [-0.15, -0.1) is 0 Å². The third-order valence-electron chi connectivity index (χ3n) is 3.51. The van der Waals surface area contributed by atoms with E-state index in [0.29, 0.717) is 24.3 Å². The second-order valence-corrected chi connectivity index (χ2v) is 6.47. The van der Waals surface area contributed by atoms with E-state index >= 15 is 0 Å². The van der Waals surface area contributed by atoms with Gasteiger partial charge in [-0.3, -0.25) is 4.68 Å². The highest BCUT2D eigenvalue weighted by Gasteiger charge is 2.31. The Morgan fingerprint density at radius 1 is 1.36 bits per heavy atom. The van der Waals surface area contributed by atoms with E-state index in [1.165, 1.54) is 7.11 Å². The number of carbonyl (C=O) groups is 2. The largest absolute Gasteiger partial charge is 0.465 e. The lowest BCUT2D eigenvalue weighted by Crippen LogP contribution is -2.35. The lowest BCUT2D eigenvalue weighted by atomic mass is 10.2. The molecule has 122 valence electrons. The first-order valence-corrected chi connectivity index (χ1v) is 7.33. The number of amides is 1. The Balaban J connectivity index is 2.04. The lowest BCUT2D eigenvalue weighted by molar-refractivity contribution is 0.0288. The summed E-state index contributed by atoms with van der Waals surface area (Å²) in [5.74, 6) is -0.397. The molecule has 0 saturated carbocycles. The first kappa shape index (κ1) is 16.3. The molecule has 7 nitrogen and oxygen atoms in total. The van der Waals surface area contributed by atoms with Crippen LogP contribution in [0, 0.1) is 6.92 Å². The first-order chi connectivity index (χ1) is 10.2. The van der Waals surface area contributed by atoms with Gasteiger partial charge in [-0.1, -0.05) is 0 Å². The average molecular weight is 309 g/mol. The molecule has 1 atom stereocenters. The monoisotopic (exact) mass is 309 g/mol. The maximum absolute atomic E-state index is 12.1. The second kappa shape index (κ2) is 5.98. The fraction of sp³-hybridized carbons (Fsp3) is 0.667. The van der Waals surface area contributed by atoms with Gasteiger partial charge < -0.3 is 14.4 Å². The number of rotatable bonds is 2. The Kier molecular flexibility index (Phi) is 4.44. The van der Waals surface area contributed by atoms with Crippen LogP contribution in [-0.4, -0.2) is 52.5 Å². The lowest BCUT2D eigenvalue weighted by Gasteiger charge is -2.24. The molecule has 1 aliphatic heterocycles. The van der Waals surface area contributed by atoms with Crippen molar-refractivity contribution in [3.05, 3.63) is 17.5 Å². The molecule has 1 aliphatic rings. The van der Waals surface area contributed by atoms with Crippen LogP contribution in [0.15, 0.2) is 6.20 Å². The van der Waals surface area contributed by atoms with Gasteiger partial charge in [-0.2, -0.15) is 5.10 Å². The van der Waals surface area contributed by atoms with Crippen LogP contribution >= 0.6 is 0 Å². The number of methoxy groups -OCH3 is 1. The van der Waals surface area contributed by atoms with Gasteiger partial charge >= 0.3 is 12.1 Å². The van der Waals surface area contributed by atoms with E-state index < -0.39 is 11.6 Å². The molecule has 1 amide bonds. The summed E-state index contributed by atoms with van der Waals surface area (Å²) < 4.78 is 11.8. The van der Waals surface area contributed by atoms with Gasteiger partial charge in [0.1, 0.15) is 11.2 Å². The fourth-order valence-electron chi connectivity index (χ4n) is 2.43. The Morgan fingerprint density at radius 3 is 2.64 bits per heavy atom. The van der Waals surface area contributed by atoms with Crippen LogP contribution in [0.2, 0.25) is 0 Å². The maximum Gasteiger partial charge on any atom is 0.410 e. The molecule has 0 N–H and O–H groups in total. The number of ether oxygens (including phenoxy) is 2. The molecule has 22 heavy (non-hydrogen) atoms. The van der Waals surface area contributed by atoms with E-state index in [0.717, 1.165) is 6.42 Å². The van der Waals surface area contributed by atoms with Crippen LogP contribution in [0.25, 0.3) is 0 Å². The van der Waals surface area contributed by atoms with Crippen molar-refractivity contribution in [3.8, 4) is 0 Å². The molecular weight excluding hydrogens is 286 g/mol. The van der Waals surface area contributed by atoms with E-state index in [1.54, 1.807) is 22.7 Å². The molecule has 1 aromatic rings. The highest BCUT2D eigenvalue weighted by molar-refractivity contribution is 5.90. The van der Waals surface area contributed by atoms with Gasteiger partial charge in [-0.05, 0) is 34.1 Å². The third kappa shape index (κ3) is 3.58. The highest BCUT2D eigenvalue weighted by Crippen LogP contribution is 2.24. The highest BCUT2D eigenvalue weighted by atomic mass is 16.6. The Labute approximate surface area is 130 Å². The van der Waals surface area contributed by atoms with E-state index in [4.69, 9.17) is 9.47 Å². The molecule has 2 heterocycles. The number of esters is 1. The zero-order chi connectivity index (χ0) is 16.5. The van der Waals surface area contributed by atoms with Crippen LogP contribution in [-0.2, 0) is 9.47 Å². The van der Waals surface area contributed by atoms with Crippen molar-refractivity contribution in [2.24, 2.45) is 0 Å². The molecule has 2 rings (SSSR count). The van der Waals surface area contributed by atoms with Crippen LogP contribution in [0.5, 0.6) is 0 Å². The molecule has 0 aromatic carbocycles. The van der Waals surface area contributed by atoms with E-state index in [9.17, 15) is 9.59 Å². The normalized spacial score (nSPS) is 18.4. The van der Waals surface area contributed by atoms with Crippen LogP contribution < -0.4 is 0 Å². The van der Waals surface area contributed by atoms with Gasteiger partial charge in [0.15, 0.2) is 0 Å². The molecule has 7 heteroatoms. The minimum Gasteiger partial charge on any atom is -0.465 e. The average Bonchev–Trinajstić information content (AvgIpc) is 3.02. The minimum atomic E-state index is -0.504. The molecule has 1 fully saturated rings. The van der Waals surface area contributed by atoms with Crippen molar-refractivity contribution >= 4 is 12.1 Å². The molecule has 0 spiro atoms. The number of aromatic nitrogens is 2. The first-order valence-electron chi connectivity index (χ1n) is 7.33. The number of nitrogens with zero attached hydrogens (tertiary/aromatic N) is 3. The molecular formula is C15H23N3O4. The van der Waals surface area contributed by atoms with Crippen molar-refractivity contribution in [1.29, 1.82) is 0 Å². The molecule has 0 bridgehead atoms. The SMILES string of the molecule is COC(=O)c1cn([C@@H]2CCN(C(=O)OC(C)(C)C)C2)nc1C. The van der Waals surface area contributed by atoms with Gasteiger partial charge in [0, 0.05) is 19.3 Å². The second-order valence-electron chi connectivity index (χ2n) is 6.47. The summed E-state index contributed by atoms with van der Waals surface area (Å²) in [7, 11) is 1.35. The van der Waals surface area contributed by atoms with Gasteiger partial charge in [0.2, 0.25) is 0 Å². The van der Waals surface area contributed by atoms with E-state index in [-0.39, 0.29) is 12.1 Å². The zero-order valence-corrected chi connectivity index (χ0v) is 13.8. The minimum absolute atomic E-state index is 0.0459. The summed E-state index contributed by atoms with van der Waals surface area (Å²) in [4.78, 5) is 25.4. The van der Waals surface area contributed by atoms with Gasteiger partial charge in [0.25, 0.3) is 0 Å². The molecule has 0 aliphatic carbocycles. The van der Waals surface area contributed by atoms with Crippen LogP contribution in [0.3, 0.4) is 0 Å². The standard InChI is InChI=1S/C15H23N3O4/c1-10-12(13(19)21-5)9-18(16-10)11-6-7-17(8-11)14(20)22-15(2,3)4/h9,11H,6-8H2,1-5H3/t11-/m1/s1. The van der Waals surface area contributed by atoms with Gasteiger partial charge in [-0.25, -0.2) is 9.59 Å². The summed E-state index contributed by atoms with van der Waals surface area (Å²) in [5, 5.41) is 4.37. The maximum atomic E-state index is 12.1. The fourth-order valence-corrected chi connectivity index (χ4v) is 2.43. The Hall–Kier alpha value is -2.05. The summed E-state index contributed by atoms with van der Waals surface area (Å²) in [6.07, 6.45) is 2.15. The van der Waals surface area contributed by atoms with Crippen molar-refractivity contribution in [2.45, 2.75) is 45.8 Å². The number of carbonyl (C=O) groups excluding carboxylic acids is 2. The summed E-state index contributed by atoms with van der Waals surface area (Å²) >= 11 is 0. The third-order valence-corrected chi connectivity index (χ3v) is 3.51. The van der Waals surface area contributed by atoms with E-state index in [2.05, 4.69) is 5.10 Å². The number of likely N-dealkylation sites (tertiary alicyclic amines) is 1. The molecule has 0 radical (unpaired) electrons.